The first-order valence-electron chi connectivity index (χ1n) is 8.84. The van der Waals surface area contributed by atoms with Crippen molar-refractivity contribution in [3.63, 3.8) is 0 Å². The molecule has 4 N–H and O–H groups in total. The summed E-state index contributed by atoms with van der Waals surface area (Å²) < 4.78 is 70.9. The van der Waals surface area contributed by atoms with Crippen LogP contribution in [0.25, 0.3) is 0 Å². The Labute approximate surface area is 174 Å². The van der Waals surface area contributed by atoms with Gasteiger partial charge in [0.25, 0.3) is 5.91 Å². The van der Waals surface area contributed by atoms with Gasteiger partial charge in [-0.2, -0.15) is 0 Å². The average molecular weight is 461 g/mol. The summed E-state index contributed by atoms with van der Waals surface area (Å²) in [5, 5.41) is 12.6. The third kappa shape index (κ3) is 5.42. The molecule has 1 fully saturated rings. The van der Waals surface area contributed by atoms with E-state index in [0.717, 1.165) is 36.5 Å². The molecule has 1 atom stereocenters. The Bertz CT molecular complexity index is 1070. The summed E-state index contributed by atoms with van der Waals surface area (Å²) in [6, 6.07) is 4.62. The Morgan fingerprint density at radius 2 is 1.97 bits per heavy atom. The zero-order valence-corrected chi connectivity index (χ0v) is 16.7. The first kappa shape index (κ1) is 22.8. The Morgan fingerprint density at radius 1 is 1.29 bits per heavy atom. The summed E-state index contributed by atoms with van der Waals surface area (Å²) in [6.07, 6.45) is -3.65. The molecule has 2 aromatic rings. The molecular weight excluding hydrogens is 443 g/mol. The minimum Gasteiger partial charge on any atom is -0.406 e. The van der Waals surface area contributed by atoms with Crippen LogP contribution < -0.4 is 15.8 Å². The number of sulfone groups is 1. The van der Waals surface area contributed by atoms with E-state index in [9.17, 15) is 31.5 Å². The molecule has 1 amide bonds. The van der Waals surface area contributed by atoms with Crippen molar-refractivity contribution >= 4 is 21.4 Å². The maximum atomic E-state index is 12.7. The SMILES string of the molecule is Nc1cc(S(=O)(=O)c2ccc(OC(F)(F)F)cc2)cnc1C(=O)NCC1(O)CCOC1. The van der Waals surface area contributed by atoms with Gasteiger partial charge in [-0.05, 0) is 30.3 Å². The number of ether oxygens (including phenoxy) is 2. The van der Waals surface area contributed by atoms with Gasteiger partial charge in [0, 0.05) is 25.8 Å². The first-order chi connectivity index (χ1) is 14.4. The third-order valence-electron chi connectivity index (χ3n) is 4.45. The highest BCUT2D eigenvalue weighted by Crippen LogP contribution is 2.27. The van der Waals surface area contributed by atoms with E-state index in [0.29, 0.717) is 13.0 Å². The van der Waals surface area contributed by atoms with Crippen molar-refractivity contribution in [2.45, 2.75) is 28.2 Å². The highest BCUT2D eigenvalue weighted by atomic mass is 32.2. The lowest BCUT2D eigenvalue weighted by molar-refractivity contribution is -0.274. The number of hydrogen-bond donors (Lipinski definition) is 3. The number of aromatic nitrogens is 1. The highest BCUT2D eigenvalue weighted by molar-refractivity contribution is 7.91. The molecule has 0 aliphatic carbocycles. The summed E-state index contributed by atoms with van der Waals surface area (Å²) in [4.78, 5) is 15.4. The van der Waals surface area contributed by atoms with Gasteiger partial charge in [0.2, 0.25) is 9.84 Å². The predicted octanol–water partition coefficient (Wildman–Crippen LogP) is 1.28. The Kier molecular flexibility index (Phi) is 6.11. The molecular formula is C18H18F3N3O6S. The van der Waals surface area contributed by atoms with Gasteiger partial charge in [-0.25, -0.2) is 13.4 Å². The number of alkyl halides is 3. The van der Waals surface area contributed by atoms with Crippen LogP contribution in [0.3, 0.4) is 0 Å². The van der Waals surface area contributed by atoms with Crippen LogP contribution >= 0.6 is 0 Å². The number of pyridine rings is 1. The van der Waals surface area contributed by atoms with E-state index >= 15 is 0 Å². The number of hydrogen-bond acceptors (Lipinski definition) is 8. The quantitative estimate of drug-likeness (QED) is 0.584. The lowest BCUT2D eigenvalue weighted by Crippen LogP contribution is -2.43. The minimum absolute atomic E-state index is 0.0696. The molecule has 168 valence electrons. The number of nitrogen functional groups attached to an aromatic ring is 1. The van der Waals surface area contributed by atoms with E-state index in [1.165, 1.54) is 0 Å². The number of rotatable bonds is 6. The lowest BCUT2D eigenvalue weighted by Gasteiger charge is -2.20. The number of nitrogens with one attached hydrogen (secondary N) is 1. The van der Waals surface area contributed by atoms with Gasteiger partial charge < -0.3 is 25.6 Å². The second-order valence-corrected chi connectivity index (χ2v) is 8.79. The van der Waals surface area contributed by atoms with Crippen LogP contribution in [0.5, 0.6) is 5.75 Å². The Balaban J connectivity index is 1.75. The number of aliphatic hydroxyl groups is 1. The smallest absolute Gasteiger partial charge is 0.406 e. The predicted molar refractivity (Wildman–Crippen MR) is 99.9 cm³/mol. The maximum absolute atomic E-state index is 12.7. The molecule has 1 saturated heterocycles. The fraction of sp³-hybridized carbons (Fsp3) is 0.333. The van der Waals surface area contributed by atoms with Crippen LogP contribution in [-0.4, -0.2) is 56.1 Å². The van der Waals surface area contributed by atoms with Crippen LogP contribution in [-0.2, 0) is 14.6 Å². The largest absolute Gasteiger partial charge is 0.573 e. The average Bonchev–Trinajstić information content (AvgIpc) is 3.12. The van der Waals surface area contributed by atoms with E-state index in [1.54, 1.807) is 0 Å². The van der Waals surface area contributed by atoms with Crippen molar-refractivity contribution in [1.29, 1.82) is 0 Å². The summed E-state index contributed by atoms with van der Waals surface area (Å²) in [5.74, 6) is -1.29. The summed E-state index contributed by atoms with van der Waals surface area (Å²) in [6.45, 7) is 0.335. The number of benzene rings is 1. The van der Waals surface area contributed by atoms with Crippen molar-refractivity contribution in [3.05, 3.63) is 42.2 Å². The molecule has 13 heteroatoms. The zero-order chi connectivity index (χ0) is 22.9. The second-order valence-electron chi connectivity index (χ2n) is 6.84. The molecule has 1 unspecified atom stereocenters. The number of amides is 1. The minimum atomic E-state index is -4.91. The van der Waals surface area contributed by atoms with Crippen molar-refractivity contribution in [2.24, 2.45) is 0 Å². The molecule has 1 aromatic carbocycles. The zero-order valence-electron chi connectivity index (χ0n) is 15.8. The highest BCUT2D eigenvalue weighted by Gasteiger charge is 2.33. The fourth-order valence-corrected chi connectivity index (χ4v) is 4.06. The van der Waals surface area contributed by atoms with Crippen LogP contribution in [0, 0.1) is 0 Å². The molecule has 0 bridgehead atoms. The second kappa shape index (κ2) is 8.32. The van der Waals surface area contributed by atoms with Gasteiger partial charge in [0.1, 0.15) is 11.4 Å². The summed E-state index contributed by atoms with van der Waals surface area (Å²) in [5.41, 5.74) is 4.12. The molecule has 3 rings (SSSR count). The van der Waals surface area contributed by atoms with Gasteiger partial charge >= 0.3 is 6.36 Å². The number of carbonyl (C=O) groups is 1. The summed E-state index contributed by atoms with van der Waals surface area (Å²) in [7, 11) is -4.17. The van der Waals surface area contributed by atoms with Crippen LogP contribution in [0.4, 0.5) is 18.9 Å². The number of anilines is 1. The normalized spacial score (nSPS) is 19.2. The molecule has 1 aliphatic rings. The molecule has 1 aliphatic heterocycles. The van der Waals surface area contributed by atoms with E-state index in [2.05, 4.69) is 15.0 Å². The third-order valence-corrected chi connectivity index (χ3v) is 6.18. The van der Waals surface area contributed by atoms with Gasteiger partial charge in [-0.3, -0.25) is 4.79 Å². The molecule has 1 aromatic heterocycles. The van der Waals surface area contributed by atoms with Gasteiger partial charge in [-0.1, -0.05) is 0 Å². The van der Waals surface area contributed by atoms with Crippen molar-refractivity contribution < 1.29 is 41.0 Å². The first-order valence-corrected chi connectivity index (χ1v) is 10.3. The number of carbonyl (C=O) groups excluding carboxylic acids is 1. The van der Waals surface area contributed by atoms with E-state index < -0.39 is 33.5 Å². The fourth-order valence-electron chi connectivity index (χ4n) is 2.82. The van der Waals surface area contributed by atoms with E-state index in [4.69, 9.17) is 10.5 Å². The Morgan fingerprint density at radius 3 is 2.52 bits per heavy atom. The van der Waals surface area contributed by atoms with Crippen molar-refractivity contribution in [1.82, 2.24) is 10.3 Å². The number of nitrogens with zero attached hydrogens (tertiary/aromatic N) is 1. The standard InChI is InChI=1S/C18H18F3N3O6S/c19-18(20,21)30-11-1-3-12(4-2-11)31(27,28)13-7-14(22)15(23-8-13)16(25)24-9-17(26)5-6-29-10-17/h1-4,7-8,26H,5-6,9-10,22H2,(H,24,25). The summed E-state index contributed by atoms with van der Waals surface area (Å²) >= 11 is 0. The van der Waals surface area contributed by atoms with Gasteiger partial charge in [0.15, 0.2) is 5.69 Å². The molecule has 0 spiro atoms. The molecule has 0 saturated carbocycles. The Hall–Kier alpha value is -2.90. The topological polar surface area (TPSA) is 141 Å². The van der Waals surface area contributed by atoms with E-state index in [1.807, 2.05) is 0 Å². The van der Waals surface area contributed by atoms with Gasteiger partial charge in [-0.15, -0.1) is 13.2 Å². The molecule has 2 heterocycles. The number of halogens is 3. The molecule has 9 nitrogen and oxygen atoms in total. The van der Waals surface area contributed by atoms with Crippen molar-refractivity contribution in [3.8, 4) is 5.75 Å². The number of nitrogens with two attached hydrogens (primary N) is 1. The van der Waals surface area contributed by atoms with Crippen LogP contribution in [0.1, 0.15) is 16.9 Å². The van der Waals surface area contributed by atoms with E-state index in [-0.39, 0.29) is 34.3 Å². The molecule has 31 heavy (non-hydrogen) atoms. The molecule has 0 radical (unpaired) electrons. The van der Waals surface area contributed by atoms with Crippen molar-refractivity contribution in [2.75, 3.05) is 25.5 Å². The van der Waals surface area contributed by atoms with Crippen LogP contribution in [0.2, 0.25) is 0 Å². The lowest BCUT2D eigenvalue weighted by atomic mass is 10.0. The monoisotopic (exact) mass is 461 g/mol. The maximum Gasteiger partial charge on any atom is 0.573 e. The van der Waals surface area contributed by atoms with Crippen LogP contribution in [0.15, 0.2) is 46.3 Å². The van der Waals surface area contributed by atoms with Gasteiger partial charge in [0.05, 0.1) is 22.1 Å².